The number of pyridine rings is 1. The minimum Gasteiger partial charge on any atom is -0.497 e. The van der Waals surface area contributed by atoms with Crippen molar-refractivity contribution >= 4 is 29.3 Å². The second-order valence-electron chi connectivity index (χ2n) is 6.19. The maximum absolute atomic E-state index is 13.9. The molecular weight excluding hydrogens is 405 g/mol. The van der Waals surface area contributed by atoms with Crippen LogP contribution in [0.1, 0.15) is 20.7 Å². The van der Waals surface area contributed by atoms with E-state index >= 15 is 0 Å². The molecular formula is C22H18FN3O5. The van der Waals surface area contributed by atoms with Gasteiger partial charge >= 0.3 is 5.97 Å². The third-order valence-electron chi connectivity index (χ3n) is 4.09. The number of esters is 1. The summed E-state index contributed by atoms with van der Waals surface area (Å²) in [4.78, 5) is 40.5. The van der Waals surface area contributed by atoms with Crippen LogP contribution in [0.2, 0.25) is 0 Å². The molecule has 2 aromatic carbocycles. The summed E-state index contributed by atoms with van der Waals surface area (Å²) in [6.45, 7) is -0.686. The quantitative estimate of drug-likeness (QED) is 0.563. The number of benzene rings is 2. The van der Waals surface area contributed by atoms with Gasteiger partial charge in [0, 0.05) is 11.8 Å². The molecule has 3 aromatic rings. The molecule has 0 unspecified atom stereocenters. The summed E-state index contributed by atoms with van der Waals surface area (Å²) in [6.07, 6.45) is 1.42. The Morgan fingerprint density at radius 2 is 1.74 bits per heavy atom. The number of rotatable bonds is 7. The number of ether oxygens (including phenoxy) is 2. The zero-order valence-electron chi connectivity index (χ0n) is 16.4. The van der Waals surface area contributed by atoms with Gasteiger partial charge in [-0.25, -0.2) is 14.2 Å². The zero-order chi connectivity index (χ0) is 22.2. The molecule has 0 bridgehead atoms. The highest BCUT2D eigenvalue weighted by Crippen LogP contribution is 2.21. The Morgan fingerprint density at radius 1 is 1.00 bits per heavy atom. The number of para-hydroxylation sites is 1. The Bertz CT molecular complexity index is 1100. The highest BCUT2D eigenvalue weighted by molar-refractivity contribution is 6.05. The molecule has 3 rings (SSSR count). The SMILES string of the molecule is COc1ccc(C(=O)NC(=O)COC(=O)c2cccnc2Nc2ccccc2F)cc1. The van der Waals surface area contributed by atoms with Crippen LogP contribution in [0.15, 0.2) is 66.9 Å². The number of carbonyl (C=O) groups is 3. The predicted molar refractivity (Wildman–Crippen MR) is 110 cm³/mol. The largest absolute Gasteiger partial charge is 0.497 e. The molecule has 1 heterocycles. The smallest absolute Gasteiger partial charge is 0.342 e. The van der Waals surface area contributed by atoms with Crippen molar-refractivity contribution in [1.82, 2.24) is 10.3 Å². The average molecular weight is 423 g/mol. The van der Waals surface area contributed by atoms with Gasteiger partial charge in [0.15, 0.2) is 6.61 Å². The number of methoxy groups -OCH3 is 1. The molecule has 0 aliphatic heterocycles. The number of aromatic nitrogens is 1. The number of halogens is 1. The first-order valence-electron chi connectivity index (χ1n) is 9.10. The number of amides is 2. The number of hydrogen-bond acceptors (Lipinski definition) is 7. The number of imide groups is 1. The summed E-state index contributed by atoms with van der Waals surface area (Å²) in [7, 11) is 1.49. The average Bonchev–Trinajstić information content (AvgIpc) is 2.79. The van der Waals surface area contributed by atoms with Gasteiger partial charge in [-0.05, 0) is 48.5 Å². The normalized spacial score (nSPS) is 10.1. The topological polar surface area (TPSA) is 107 Å². The first-order valence-corrected chi connectivity index (χ1v) is 9.10. The number of nitrogens with one attached hydrogen (secondary N) is 2. The lowest BCUT2D eigenvalue weighted by atomic mass is 10.2. The molecule has 158 valence electrons. The van der Waals surface area contributed by atoms with Crippen LogP contribution < -0.4 is 15.4 Å². The van der Waals surface area contributed by atoms with E-state index in [2.05, 4.69) is 15.6 Å². The Hall–Kier alpha value is -4.27. The fourth-order valence-electron chi connectivity index (χ4n) is 2.55. The van der Waals surface area contributed by atoms with Crippen LogP contribution in [0.5, 0.6) is 5.75 Å². The summed E-state index contributed by atoms with van der Waals surface area (Å²) in [5.74, 6) is -2.21. The first kappa shape index (κ1) is 21.4. The lowest BCUT2D eigenvalue weighted by Crippen LogP contribution is -2.34. The van der Waals surface area contributed by atoms with Crippen LogP contribution in [0.25, 0.3) is 0 Å². The van der Waals surface area contributed by atoms with Gasteiger partial charge in [0.25, 0.3) is 11.8 Å². The van der Waals surface area contributed by atoms with Gasteiger partial charge in [-0.15, -0.1) is 0 Å². The highest BCUT2D eigenvalue weighted by atomic mass is 19.1. The van der Waals surface area contributed by atoms with E-state index in [4.69, 9.17) is 9.47 Å². The summed E-state index contributed by atoms with van der Waals surface area (Å²) in [5.41, 5.74) is 0.363. The van der Waals surface area contributed by atoms with E-state index < -0.39 is 30.2 Å². The molecule has 0 aliphatic rings. The molecule has 1 aromatic heterocycles. The first-order chi connectivity index (χ1) is 15.0. The Kier molecular flexibility index (Phi) is 6.89. The van der Waals surface area contributed by atoms with E-state index in [0.717, 1.165) is 0 Å². The molecule has 0 saturated heterocycles. The number of carbonyl (C=O) groups excluding carboxylic acids is 3. The van der Waals surface area contributed by atoms with Crippen LogP contribution in [0, 0.1) is 5.82 Å². The van der Waals surface area contributed by atoms with Crippen molar-refractivity contribution in [1.29, 1.82) is 0 Å². The number of nitrogens with zero attached hydrogens (tertiary/aromatic N) is 1. The van der Waals surface area contributed by atoms with Gasteiger partial charge in [-0.1, -0.05) is 12.1 Å². The van der Waals surface area contributed by atoms with Crippen LogP contribution >= 0.6 is 0 Å². The van der Waals surface area contributed by atoms with Crippen LogP contribution in [-0.2, 0) is 9.53 Å². The van der Waals surface area contributed by atoms with Crippen LogP contribution in [0.4, 0.5) is 15.9 Å². The second-order valence-corrected chi connectivity index (χ2v) is 6.19. The predicted octanol–water partition coefficient (Wildman–Crippen LogP) is 3.09. The minimum absolute atomic E-state index is 0.0000315. The summed E-state index contributed by atoms with van der Waals surface area (Å²) in [6, 6.07) is 14.9. The molecule has 9 heteroatoms. The van der Waals surface area contributed by atoms with Gasteiger partial charge in [-0.3, -0.25) is 14.9 Å². The molecule has 0 aliphatic carbocycles. The third-order valence-corrected chi connectivity index (χ3v) is 4.09. The molecule has 2 N–H and O–H groups in total. The standard InChI is InChI=1S/C22H18FN3O5/c1-30-15-10-8-14(9-11-15)21(28)26-19(27)13-31-22(29)16-5-4-12-24-20(16)25-18-7-3-2-6-17(18)23/h2-12H,13H2,1H3,(H,24,25)(H,26,27,28). The molecule has 0 spiro atoms. The fourth-order valence-corrected chi connectivity index (χ4v) is 2.55. The van der Waals surface area contributed by atoms with E-state index in [-0.39, 0.29) is 22.6 Å². The fraction of sp³-hybridized carbons (Fsp3) is 0.0909. The lowest BCUT2D eigenvalue weighted by molar-refractivity contribution is -0.123. The number of anilines is 2. The molecule has 2 amide bonds. The van der Waals surface area contributed by atoms with Gasteiger partial charge in [0.05, 0.1) is 12.8 Å². The van der Waals surface area contributed by atoms with Gasteiger partial charge in [0.2, 0.25) is 0 Å². The maximum atomic E-state index is 13.9. The summed E-state index contributed by atoms with van der Waals surface area (Å²) >= 11 is 0. The molecule has 31 heavy (non-hydrogen) atoms. The van der Waals surface area contributed by atoms with Crippen molar-refractivity contribution in [3.63, 3.8) is 0 Å². The third kappa shape index (κ3) is 5.63. The van der Waals surface area contributed by atoms with E-state index in [1.807, 2.05) is 0 Å². The highest BCUT2D eigenvalue weighted by Gasteiger charge is 2.18. The van der Waals surface area contributed by atoms with E-state index in [1.165, 1.54) is 55.8 Å². The van der Waals surface area contributed by atoms with Gasteiger partial charge in [0.1, 0.15) is 22.9 Å². The summed E-state index contributed by atoms with van der Waals surface area (Å²) in [5, 5.41) is 4.85. The van der Waals surface area contributed by atoms with Crippen molar-refractivity contribution in [2.45, 2.75) is 0 Å². The monoisotopic (exact) mass is 423 g/mol. The van der Waals surface area contributed by atoms with Crippen LogP contribution in [-0.4, -0.2) is 36.5 Å². The van der Waals surface area contributed by atoms with Crippen molar-refractivity contribution in [3.8, 4) is 5.75 Å². The van der Waals surface area contributed by atoms with E-state index in [1.54, 1.807) is 18.2 Å². The lowest BCUT2D eigenvalue weighted by Gasteiger charge is -2.11. The van der Waals surface area contributed by atoms with E-state index in [0.29, 0.717) is 5.75 Å². The zero-order valence-corrected chi connectivity index (χ0v) is 16.4. The van der Waals surface area contributed by atoms with Gasteiger partial charge < -0.3 is 14.8 Å². The Labute approximate surface area is 177 Å². The Morgan fingerprint density at radius 3 is 2.45 bits per heavy atom. The van der Waals surface area contributed by atoms with Crippen molar-refractivity contribution in [2.75, 3.05) is 19.0 Å². The van der Waals surface area contributed by atoms with Crippen molar-refractivity contribution in [2.24, 2.45) is 0 Å². The molecule has 0 atom stereocenters. The minimum atomic E-state index is -0.862. The van der Waals surface area contributed by atoms with Gasteiger partial charge in [-0.2, -0.15) is 0 Å². The Balaban J connectivity index is 1.59. The van der Waals surface area contributed by atoms with Crippen molar-refractivity contribution < 1.29 is 28.2 Å². The number of hydrogen-bond donors (Lipinski definition) is 2. The van der Waals surface area contributed by atoms with E-state index in [9.17, 15) is 18.8 Å². The van der Waals surface area contributed by atoms with Crippen molar-refractivity contribution in [3.05, 3.63) is 83.8 Å². The molecule has 0 saturated carbocycles. The maximum Gasteiger partial charge on any atom is 0.342 e. The molecule has 8 nitrogen and oxygen atoms in total. The second kappa shape index (κ2) is 9.97. The van der Waals surface area contributed by atoms with Crippen LogP contribution in [0.3, 0.4) is 0 Å². The molecule has 0 fully saturated rings. The molecule has 0 radical (unpaired) electrons. The summed E-state index contributed by atoms with van der Waals surface area (Å²) < 4.78 is 23.8.